The fourth-order valence-electron chi connectivity index (χ4n) is 3.33. The molecule has 0 unspecified atom stereocenters. The van der Waals surface area contributed by atoms with E-state index in [1.54, 1.807) is 14.2 Å². The summed E-state index contributed by atoms with van der Waals surface area (Å²) in [6.07, 6.45) is 2.39. The summed E-state index contributed by atoms with van der Waals surface area (Å²) in [5.74, 6) is 3.09. The Bertz CT molecular complexity index is 890. The smallest absolute Gasteiger partial charge is 0.162 e. The number of ether oxygens (including phenoxy) is 2. The fraction of sp³-hybridized carbons (Fsp3) is 0.300. The number of anilines is 1. The maximum Gasteiger partial charge on any atom is 0.162 e. The van der Waals surface area contributed by atoms with E-state index in [-0.39, 0.29) is 0 Å². The topological polar surface area (TPSA) is 47.5 Å². The molecule has 0 amide bonds. The molecule has 1 aliphatic heterocycles. The van der Waals surface area contributed by atoms with Crippen LogP contribution < -0.4 is 14.4 Å². The minimum absolute atomic E-state index is 0.681. The van der Waals surface area contributed by atoms with Gasteiger partial charge in [-0.2, -0.15) is 0 Å². The molecule has 1 saturated heterocycles. The molecule has 4 rings (SSSR count). The molecule has 5 heteroatoms. The summed E-state index contributed by atoms with van der Waals surface area (Å²) in [5, 5.41) is 0.999. The molecule has 2 heterocycles. The highest BCUT2D eigenvalue weighted by Gasteiger charge is 2.20. The Hall–Kier alpha value is -2.82. The summed E-state index contributed by atoms with van der Waals surface area (Å²) in [6, 6.07) is 14.0. The summed E-state index contributed by atoms with van der Waals surface area (Å²) in [4.78, 5) is 12.0. The van der Waals surface area contributed by atoms with E-state index in [0.29, 0.717) is 11.5 Å². The molecule has 0 saturated carbocycles. The van der Waals surface area contributed by atoms with Crippen LogP contribution in [0.2, 0.25) is 0 Å². The van der Waals surface area contributed by atoms with E-state index in [0.717, 1.165) is 41.2 Å². The molecule has 0 N–H and O–H groups in total. The van der Waals surface area contributed by atoms with E-state index in [2.05, 4.69) is 4.90 Å². The second kappa shape index (κ2) is 6.59. The predicted molar refractivity (Wildman–Crippen MR) is 99.5 cm³/mol. The summed E-state index contributed by atoms with van der Waals surface area (Å²) in [7, 11) is 3.29. The van der Waals surface area contributed by atoms with Gasteiger partial charge in [-0.25, -0.2) is 9.97 Å². The van der Waals surface area contributed by atoms with Gasteiger partial charge in [-0.05, 0) is 18.9 Å². The lowest BCUT2D eigenvalue weighted by Gasteiger charge is -2.20. The van der Waals surface area contributed by atoms with Gasteiger partial charge in [-0.1, -0.05) is 30.3 Å². The Balaban J connectivity index is 1.96. The molecule has 25 heavy (non-hydrogen) atoms. The summed E-state index contributed by atoms with van der Waals surface area (Å²) in [5.41, 5.74) is 1.88. The highest BCUT2D eigenvalue weighted by atomic mass is 16.5. The van der Waals surface area contributed by atoms with Crippen molar-refractivity contribution < 1.29 is 9.47 Å². The molecule has 0 radical (unpaired) electrons. The summed E-state index contributed by atoms with van der Waals surface area (Å²) >= 11 is 0. The van der Waals surface area contributed by atoms with Gasteiger partial charge in [0.2, 0.25) is 0 Å². The Labute approximate surface area is 147 Å². The van der Waals surface area contributed by atoms with Gasteiger partial charge in [0.05, 0.1) is 19.7 Å². The third-order valence-corrected chi connectivity index (χ3v) is 4.62. The van der Waals surface area contributed by atoms with Gasteiger partial charge in [0.25, 0.3) is 0 Å². The number of benzene rings is 2. The van der Waals surface area contributed by atoms with E-state index >= 15 is 0 Å². The molecular formula is C20H21N3O2. The van der Waals surface area contributed by atoms with Crippen molar-refractivity contribution in [3.63, 3.8) is 0 Å². The summed E-state index contributed by atoms with van der Waals surface area (Å²) in [6.45, 7) is 2.05. The van der Waals surface area contributed by atoms with E-state index in [1.165, 1.54) is 12.8 Å². The van der Waals surface area contributed by atoms with Gasteiger partial charge in [0.15, 0.2) is 17.3 Å². The first-order chi connectivity index (χ1) is 12.3. The molecule has 0 aliphatic carbocycles. The van der Waals surface area contributed by atoms with Gasteiger partial charge in [-0.15, -0.1) is 0 Å². The highest BCUT2D eigenvalue weighted by molar-refractivity contribution is 5.93. The molecular weight excluding hydrogens is 314 g/mol. The number of fused-ring (bicyclic) bond motifs is 1. The molecule has 5 nitrogen and oxygen atoms in total. The van der Waals surface area contributed by atoms with Gasteiger partial charge in [0, 0.05) is 30.1 Å². The molecule has 1 aliphatic rings. The number of aromatic nitrogens is 2. The van der Waals surface area contributed by atoms with Crippen LogP contribution in [0.4, 0.5) is 5.82 Å². The zero-order valence-corrected chi connectivity index (χ0v) is 14.5. The molecule has 2 aromatic carbocycles. The van der Waals surface area contributed by atoms with E-state index in [1.807, 2.05) is 42.5 Å². The second-order valence-corrected chi connectivity index (χ2v) is 6.16. The largest absolute Gasteiger partial charge is 0.493 e. The zero-order valence-electron chi connectivity index (χ0n) is 14.5. The molecule has 0 spiro atoms. The van der Waals surface area contributed by atoms with Crippen LogP contribution in [0.25, 0.3) is 22.3 Å². The second-order valence-electron chi connectivity index (χ2n) is 6.16. The summed E-state index contributed by atoms with van der Waals surface area (Å²) < 4.78 is 10.9. The van der Waals surface area contributed by atoms with Crippen molar-refractivity contribution in [1.29, 1.82) is 0 Å². The van der Waals surface area contributed by atoms with E-state index in [4.69, 9.17) is 19.4 Å². The predicted octanol–water partition coefficient (Wildman–Crippen LogP) is 3.91. The number of rotatable bonds is 4. The average molecular weight is 335 g/mol. The first kappa shape index (κ1) is 15.7. The first-order valence-electron chi connectivity index (χ1n) is 8.54. The van der Waals surface area contributed by atoms with Crippen molar-refractivity contribution in [1.82, 2.24) is 9.97 Å². The SMILES string of the molecule is COc1cc2nc(-c3ccccc3)nc(N3CCCC3)c2cc1OC. The third kappa shape index (κ3) is 2.86. The minimum atomic E-state index is 0.681. The molecule has 0 atom stereocenters. The van der Waals surface area contributed by atoms with Crippen LogP contribution in [0.5, 0.6) is 11.5 Å². The van der Waals surface area contributed by atoms with Crippen molar-refractivity contribution in [2.75, 3.05) is 32.2 Å². The van der Waals surface area contributed by atoms with Crippen molar-refractivity contribution in [3.05, 3.63) is 42.5 Å². The van der Waals surface area contributed by atoms with Crippen LogP contribution in [-0.4, -0.2) is 37.3 Å². The number of hydrogen-bond donors (Lipinski definition) is 0. The number of nitrogens with zero attached hydrogens (tertiary/aromatic N) is 3. The minimum Gasteiger partial charge on any atom is -0.493 e. The van der Waals surface area contributed by atoms with E-state index in [9.17, 15) is 0 Å². The van der Waals surface area contributed by atoms with Crippen molar-refractivity contribution in [3.8, 4) is 22.9 Å². The normalized spacial score (nSPS) is 14.1. The Morgan fingerprint density at radius 2 is 1.56 bits per heavy atom. The molecule has 3 aromatic rings. The van der Waals surface area contributed by atoms with Gasteiger partial charge in [-0.3, -0.25) is 0 Å². The van der Waals surface area contributed by atoms with Crippen molar-refractivity contribution in [2.24, 2.45) is 0 Å². The maximum absolute atomic E-state index is 5.48. The average Bonchev–Trinajstić information content (AvgIpc) is 3.21. The monoisotopic (exact) mass is 335 g/mol. The van der Waals surface area contributed by atoms with Gasteiger partial charge >= 0.3 is 0 Å². The highest BCUT2D eigenvalue weighted by Crippen LogP contribution is 2.37. The Kier molecular flexibility index (Phi) is 4.14. The molecule has 0 bridgehead atoms. The van der Waals surface area contributed by atoms with Crippen LogP contribution in [0.3, 0.4) is 0 Å². The lowest BCUT2D eigenvalue weighted by Crippen LogP contribution is -2.20. The number of hydrogen-bond acceptors (Lipinski definition) is 5. The third-order valence-electron chi connectivity index (χ3n) is 4.62. The first-order valence-corrected chi connectivity index (χ1v) is 8.54. The standard InChI is InChI=1S/C20H21N3O2/c1-24-17-12-15-16(13-18(17)25-2)21-19(14-8-4-3-5-9-14)22-20(15)23-10-6-7-11-23/h3-5,8-9,12-13H,6-7,10-11H2,1-2H3. The molecule has 128 valence electrons. The van der Waals surface area contributed by atoms with Crippen LogP contribution >= 0.6 is 0 Å². The van der Waals surface area contributed by atoms with Crippen LogP contribution in [-0.2, 0) is 0 Å². The molecule has 1 fully saturated rings. The maximum atomic E-state index is 5.48. The van der Waals surface area contributed by atoms with Crippen LogP contribution in [0.1, 0.15) is 12.8 Å². The van der Waals surface area contributed by atoms with Crippen LogP contribution in [0, 0.1) is 0 Å². The lowest BCUT2D eigenvalue weighted by molar-refractivity contribution is 0.356. The van der Waals surface area contributed by atoms with E-state index < -0.39 is 0 Å². The zero-order chi connectivity index (χ0) is 17.2. The lowest BCUT2D eigenvalue weighted by atomic mass is 10.1. The molecule has 1 aromatic heterocycles. The fourth-order valence-corrected chi connectivity index (χ4v) is 3.33. The Morgan fingerprint density at radius 1 is 0.880 bits per heavy atom. The van der Waals surface area contributed by atoms with Gasteiger partial charge < -0.3 is 14.4 Å². The Morgan fingerprint density at radius 3 is 2.24 bits per heavy atom. The van der Waals surface area contributed by atoms with Gasteiger partial charge in [0.1, 0.15) is 5.82 Å². The van der Waals surface area contributed by atoms with Crippen LogP contribution in [0.15, 0.2) is 42.5 Å². The quantitative estimate of drug-likeness (QED) is 0.723. The number of methoxy groups -OCH3 is 2. The van der Waals surface area contributed by atoms with Crippen molar-refractivity contribution >= 4 is 16.7 Å². The van der Waals surface area contributed by atoms with Crippen molar-refractivity contribution in [2.45, 2.75) is 12.8 Å².